The number of nitrogens with one attached hydrogen (secondary N) is 1. The van der Waals surface area contributed by atoms with Gasteiger partial charge in [0.1, 0.15) is 5.01 Å². The molecular formula is C13H22N2S. The molecule has 0 amide bonds. The van der Waals surface area contributed by atoms with Gasteiger partial charge in [-0.25, -0.2) is 4.98 Å². The van der Waals surface area contributed by atoms with Crippen LogP contribution in [-0.4, -0.2) is 11.5 Å². The Balaban J connectivity index is 2.39. The Morgan fingerprint density at radius 2 is 2.06 bits per heavy atom. The normalized spacial score (nSPS) is 21.8. The van der Waals surface area contributed by atoms with Crippen molar-refractivity contribution >= 4 is 11.3 Å². The van der Waals surface area contributed by atoms with Crippen molar-refractivity contribution in [2.45, 2.75) is 53.0 Å². The zero-order chi connectivity index (χ0) is 12.0. The lowest BCUT2D eigenvalue weighted by molar-refractivity contribution is 0.230. The summed E-state index contributed by atoms with van der Waals surface area (Å²) in [6.07, 6.45) is 2.63. The quantitative estimate of drug-likeness (QED) is 0.870. The van der Waals surface area contributed by atoms with Crippen molar-refractivity contribution in [2.75, 3.05) is 6.54 Å². The summed E-state index contributed by atoms with van der Waals surface area (Å²) in [5.74, 6) is 0. The van der Waals surface area contributed by atoms with E-state index in [0.29, 0.717) is 5.41 Å². The number of aromatic nitrogens is 1. The zero-order valence-electron chi connectivity index (χ0n) is 11.0. The van der Waals surface area contributed by atoms with Gasteiger partial charge in [0.15, 0.2) is 0 Å². The number of nitrogens with zero attached hydrogens (tertiary/aromatic N) is 1. The predicted molar refractivity (Wildman–Crippen MR) is 70.0 cm³/mol. The van der Waals surface area contributed by atoms with Crippen LogP contribution in [0.1, 0.15) is 49.2 Å². The van der Waals surface area contributed by atoms with Gasteiger partial charge in [-0.3, -0.25) is 0 Å². The number of rotatable bonds is 4. The number of aryl methyl sites for hydroxylation is 2. The first-order valence-electron chi connectivity index (χ1n) is 6.12. The van der Waals surface area contributed by atoms with Gasteiger partial charge in [0, 0.05) is 4.88 Å². The molecule has 0 radical (unpaired) electrons. The van der Waals surface area contributed by atoms with Gasteiger partial charge in [0.05, 0.1) is 11.2 Å². The van der Waals surface area contributed by atoms with E-state index >= 15 is 0 Å². The molecule has 3 heteroatoms. The molecule has 1 heterocycles. The smallest absolute Gasteiger partial charge is 0.114 e. The Morgan fingerprint density at radius 1 is 1.44 bits per heavy atom. The summed E-state index contributed by atoms with van der Waals surface area (Å²) in [6, 6.07) is 0. The number of hydrogen-bond donors (Lipinski definition) is 1. The Hall–Kier alpha value is -0.410. The van der Waals surface area contributed by atoms with Crippen LogP contribution in [0.25, 0.3) is 0 Å². The summed E-state index contributed by atoms with van der Waals surface area (Å²) in [7, 11) is 0. The van der Waals surface area contributed by atoms with Crippen molar-refractivity contribution in [3.05, 3.63) is 15.6 Å². The van der Waals surface area contributed by atoms with E-state index in [1.165, 1.54) is 28.4 Å². The fraction of sp³-hybridized carbons (Fsp3) is 0.769. The van der Waals surface area contributed by atoms with Crippen molar-refractivity contribution in [3.63, 3.8) is 0 Å². The van der Waals surface area contributed by atoms with Crippen LogP contribution in [0, 0.1) is 19.3 Å². The van der Waals surface area contributed by atoms with Gasteiger partial charge in [0.25, 0.3) is 0 Å². The topological polar surface area (TPSA) is 24.9 Å². The van der Waals surface area contributed by atoms with Crippen LogP contribution in [0.2, 0.25) is 0 Å². The summed E-state index contributed by atoms with van der Waals surface area (Å²) in [5, 5.41) is 4.93. The zero-order valence-corrected chi connectivity index (χ0v) is 11.8. The van der Waals surface area contributed by atoms with Gasteiger partial charge in [-0.15, -0.1) is 11.3 Å². The fourth-order valence-corrected chi connectivity index (χ4v) is 3.46. The molecule has 1 saturated carbocycles. The maximum atomic E-state index is 4.76. The maximum absolute atomic E-state index is 4.76. The minimum Gasteiger partial charge on any atom is -0.305 e. The lowest BCUT2D eigenvalue weighted by atomic mass is 9.84. The van der Waals surface area contributed by atoms with Crippen molar-refractivity contribution in [2.24, 2.45) is 5.41 Å². The molecule has 1 unspecified atom stereocenters. The van der Waals surface area contributed by atoms with Crippen molar-refractivity contribution in [1.29, 1.82) is 0 Å². The number of hydrogen-bond acceptors (Lipinski definition) is 3. The van der Waals surface area contributed by atoms with Gasteiger partial charge in [-0.1, -0.05) is 13.8 Å². The third-order valence-electron chi connectivity index (χ3n) is 4.19. The maximum Gasteiger partial charge on any atom is 0.114 e. The van der Waals surface area contributed by atoms with Crippen molar-refractivity contribution < 1.29 is 0 Å². The van der Waals surface area contributed by atoms with Crippen LogP contribution < -0.4 is 5.32 Å². The van der Waals surface area contributed by atoms with Crippen molar-refractivity contribution in [3.8, 4) is 0 Å². The average molecular weight is 238 g/mol. The highest BCUT2D eigenvalue weighted by Gasteiger charge is 2.55. The Morgan fingerprint density at radius 3 is 2.44 bits per heavy atom. The van der Waals surface area contributed by atoms with Crippen LogP contribution in [0.15, 0.2) is 0 Å². The second kappa shape index (κ2) is 3.81. The largest absolute Gasteiger partial charge is 0.305 e. The van der Waals surface area contributed by atoms with Crippen LogP contribution in [0.3, 0.4) is 0 Å². The Labute approximate surface area is 102 Å². The second-order valence-electron chi connectivity index (χ2n) is 5.38. The van der Waals surface area contributed by atoms with E-state index < -0.39 is 0 Å². The molecule has 1 aliphatic carbocycles. The summed E-state index contributed by atoms with van der Waals surface area (Å²) < 4.78 is 0. The Bertz CT molecular complexity index is 373. The average Bonchev–Trinajstić information content (AvgIpc) is 2.88. The molecule has 1 aromatic heterocycles. The first-order valence-corrected chi connectivity index (χ1v) is 6.94. The lowest BCUT2D eigenvalue weighted by Gasteiger charge is -2.35. The molecule has 16 heavy (non-hydrogen) atoms. The molecule has 0 aromatic carbocycles. The molecule has 0 aliphatic heterocycles. The van der Waals surface area contributed by atoms with Gasteiger partial charge in [0.2, 0.25) is 0 Å². The highest BCUT2D eigenvalue weighted by molar-refractivity contribution is 7.11. The Kier molecular flexibility index (Phi) is 2.87. The highest BCUT2D eigenvalue weighted by atomic mass is 32.1. The molecule has 2 rings (SSSR count). The first kappa shape index (κ1) is 12.1. The third-order valence-corrected chi connectivity index (χ3v) is 5.49. The molecule has 1 fully saturated rings. The molecule has 0 saturated heterocycles. The minimum absolute atomic E-state index is 0.0609. The van der Waals surface area contributed by atoms with E-state index in [1.807, 2.05) is 11.3 Å². The van der Waals surface area contributed by atoms with E-state index in [1.54, 1.807) is 0 Å². The van der Waals surface area contributed by atoms with Crippen LogP contribution in [-0.2, 0) is 5.54 Å². The molecule has 0 spiro atoms. The molecule has 0 bridgehead atoms. The fourth-order valence-electron chi connectivity index (χ4n) is 2.27. The summed E-state index contributed by atoms with van der Waals surface area (Å²) in [5.41, 5.74) is 1.65. The first-order chi connectivity index (χ1) is 7.43. The molecule has 90 valence electrons. The third kappa shape index (κ3) is 1.70. The summed E-state index contributed by atoms with van der Waals surface area (Å²) in [6.45, 7) is 12.2. The van der Waals surface area contributed by atoms with Gasteiger partial charge in [-0.05, 0) is 45.6 Å². The van der Waals surface area contributed by atoms with Gasteiger partial charge in [-0.2, -0.15) is 0 Å². The minimum atomic E-state index is 0.0609. The molecular weight excluding hydrogens is 216 g/mol. The van der Waals surface area contributed by atoms with E-state index in [-0.39, 0.29) is 5.54 Å². The summed E-state index contributed by atoms with van der Waals surface area (Å²) >= 11 is 1.85. The molecule has 1 N–H and O–H groups in total. The van der Waals surface area contributed by atoms with E-state index in [2.05, 4.69) is 39.9 Å². The van der Waals surface area contributed by atoms with Gasteiger partial charge < -0.3 is 5.32 Å². The summed E-state index contributed by atoms with van der Waals surface area (Å²) in [4.78, 5) is 6.11. The highest BCUT2D eigenvalue weighted by Crippen LogP contribution is 2.58. The van der Waals surface area contributed by atoms with E-state index in [0.717, 1.165) is 6.54 Å². The SMILES string of the molecule is CCNC(C)(c1nc(C)c(C)s1)C1(C)CC1. The molecule has 2 nitrogen and oxygen atoms in total. The van der Waals surface area contributed by atoms with Crippen LogP contribution in [0.4, 0.5) is 0 Å². The molecule has 1 aliphatic rings. The monoisotopic (exact) mass is 238 g/mol. The number of thiazole rings is 1. The van der Waals surface area contributed by atoms with Crippen molar-refractivity contribution in [1.82, 2.24) is 10.3 Å². The van der Waals surface area contributed by atoms with Crippen LogP contribution in [0.5, 0.6) is 0 Å². The molecule has 1 aromatic rings. The second-order valence-corrected chi connectivity index (χ2v) is 6.58. The van der Waals surface area contributed by atoms with E-state index in [9.17, 15) is 0 Å². The van der Waals surface area contributed by atoms with Crippen LogP contribution >= 0.6 is 11.3 Å². The lowest BCUT2D eigenvalue weighted by Crippen LogP contribution is -2.46. The predicted octanol–water partition coefficient (Wildman–Crippen LogP) is 3.38. The van der Waals surface area contributed by atoms with E-state index in [4.69, 9.17) is 4.98 Å². The van der Waals surface area contributed by atoms with Gasteiger partial charge >= 0.3 is 0 Å². The standard InChI is InChI=1S/C13H22N2S/c1-6-14-13(5,12(4)7-8-12)11-15-9(2)10(3)16-11/h14H,6-8H2,1-5H3. The molecule has 1 atom stereocenters.